The minimum atomic E-state index is 0.695. The second-order valence-electron chi connectivity index (χ2n) is 14.1. The highest BCUT2D eigenvalue weighted by molar-refractivity contribution is 6.17. The molecule has 0 N–H and O–H groups in total. The van der Waals surface area contributed by atoms with Gasteiger partial charge in [0, 0.05) is 43.6 Å². The van der Waals surface area contributed by atoms with Crippen LogP contribution in [0.5, 0.6) is 5.75 Å². The molecule has 0 spiro atoms. The van der Waals surface area contributed by atoms with Crippen molar-refractivity contribution in [3.05, 3.63) is 182 Å². The molecular formula is C51H33N3O2. The Morgan fingerprint density at radius 3 is 2.00 bits per heavy atom. The first-order chi connectivity index (χ1) is 27.7. The minimum Gasteiger partial charge on any atom is -0.496 e. The predicted molar refractivity (Wildman–Crippen MR) is 229 cm³/mol. The Balaban J connectivity index is 1.11. The summed E-state index contributed by atoms with van der Waals surface area (Å²) in [5, 5.41) is 5.41. The number of ether oxygens (including phenoxy) is 1. The Labute approximate surface area is 322 Å². The van der Waals surface area contributed by atoms with Crippen LogP contribution in [-0.2, 0) is 0 Å². The van der Waals surface area contributed by atoms with E-state index < -0.39 is 0 Å². The molecule has 11 aromatic rings. The number of nitrogens with zero attached hydrogens (tertiary/aromatic N) is 3. The highest BCUT2D eigenvalue weighted by atomic mass is 16.5. The third kappa shape index (κ3) is 5.02. The second-order valence-corrected chi connectivity index (χ2v) is 14.1. The van der Waals surface area contributed by atoms with E-state index in [-0.39, 0.29) is 0 Å². The zero-order valence-corrected chi connectivity index (χ0v) is 30.5. The SMILES string of the molecule is COc1ccc(-c2ccc3c(c2)c2ccccc2n3-c2cccc3c2oc2cccc(-c4nc(-c5ccccc5)nc5ccccc45)c23)cc1-c1ccccc1. The summed E-state index contributed by atoms with van der Waals surface area (Å²) in [6, 6.07) is 63.4. The summed E-state index contributed by atoms with van der Waals surface area (Å²) < 4.78 is 15.0. The molecule has 0 aliphatic rings. The van der Waals surface area contributed by atoms with E-state index in [1.54, 1.807) is 7.11 Å². The van der Waals surface area contributed by atoms with Gasteiger partial charge < -0.3 is 13.7 Å². The lowest BCUT2D eigenvalue weighted by molar-refractivity contribution is 0.416. The number of hydrogen-bond acceptors (Lipinski definition) is 4. The van der Waals surface area contributed by atoms with Crippen LogP contribution >= 0.6 is 0 Å². The van der Waals surface area contributed by atoms with Gasteiger partial charge in [-0.3, -0.25) is 0 Å². The van der Waals surface area contributed by atoms with Gasteiger partial charge in [-0.2, -0.15) is 0 Å². The normalized spacial score (nSPS) is 11.7. The van der Waals surface area contributed by atoms with Crippen molar-refractivity contribution in [2.75, 3.05) is 7.11 Å². The summed E-state index contributed by atoms with van der Waals surface area (Å²) in [6.45, 7) is 0. The van der Waals surface area contributed by atoms with E-state index in [4.69, 9.17) is 19.1 Å². The summed E-state index contributed by atoms with van der Waals surface area (Å²) in [5.74, 6) is 1.55. The zero-order valence-electron chi connectivity index (χ0n) is 30.5. The summed E-state index contributed by atoms with van der Waals surface area (Å²) in [6.07, 6.45) is 0. The number of rotatable bonds is 6. The van der Waals surface area contributed by atoms with Crippen molar-refractivity contribution in [2.45, 2.75) is 0 Å². The van der Waals surface area contributed by atoms with Gasteiger partial charge in [-0.1, -0.05) is 133 Å². The minimum absolute atomic E-state index is 0.695. The van der Waals surface area contributed by atoms with Crippen LogP contribution in [0.3, 0.4) is 0 Å². The maximum absolute atomic E-state index is 6.89. The van der Waals surface area contributed by atoms with Crippen LogP contribution in [0.25, 0.3) is 105 Å². The lowest BCUT2D eigenvalue weighted by Crippen LogP contribution is -1.95. The molecule has 0 atom stereocenters. The fourth-order valence-electron chi connectivity index (χ4n) is 8.35. The van der Waals surface area contributed by atoms with Crippen LogP contribution < -0.4 is 4.74 Å². The van der Waals surface area contributed by atoms with Gasteiger partial charge >= 0.3 is 0 Å². The van der Waals surface area contributed by atoms with Crippen LogP contribution in [0, 0.1) is 0 Å². The van der Waals surface area contributed by atoms with Gasteiger partial charge in [-0.15, -0.1) is 0 Å². The van der Waals surface area contributed by atoms with Crippen molar-refractivity contribution < 1.29 is 9.15 Å². The van der Waals surface area contributed by atoms with E-state index in [1.807, 2.05) is 36.4 Å². The van der Waals surface area contributed by atoms with Crippen LogP contribution in [0.4, 0.5) is 0 Å². The molecule has 0 fully saturated rings. The van der Waals surface area contributed by atoms with E-state index in [9.17, 15) is 0 Å². The number of para-hydroxylation sites is 3. The third-order valence-corrected chi connectivity index (χ3v) is 10.9. The van der Waals surface area contributed by atoms with E-state index in [1.165, 1.54) is 10.8 Å². The Morgan fingerprint density at radius 2 is 1.16 bits per heavy atom. The molecule has 0 radical (unpaired) electrons. The Hall–Kier alpha value is -7.50. The number of furan rings is 1. The van der Waals surface area contributed by atoms with Crippen molar-refractivity contribution in [1.82, 2.24) is 14.5 Å². The first-order valence-corrected chi connectivity index (χ1v) is 18.8. The molecule has 0 amide bonds. The second kappa shape index (κ2) is 12.8. The molecule has 3 heterocycles. The van der Waals surface area contributed by atoms with Gasteiger partial charge in [0.15, 0.2) is 11.4 Å². The fraction of sp³-hybridized carbons (Fsp3) is 0.0196. The number of benzene rings is 8. The summed E-state index contributed by atoms with van der Waals surface area (Å²) in [7, 11) is 1.73. The molecule has 264 valence electrons. The molecule has 3 aromatic heterocycles. The predicted octanol–water partition coefficient (Wildman–Crippen LogP) is 13.3. The Kier molecular flexibility index (Phi) is 7.32. The van der Waals surface area contributed by atoms with Crippen molar-refractivity contribution in [1.29, 1.82) is 0 Å². The fourth-order valence-corrected chi connectivity index (χ4v) is 8.35. The zero-order chi connectivity index (χ0) is 37.2. The molecule has 0 aliphatic carbocycles. The van der Waals surface area contributed by atoms with E-state index in [0.717, 1.165) is 94.4 Å². The van der Waals surface area contributed by atoms with Crippen molar-refractivity contribution >= 4 is 54.6 Å². The van der Waals surface area contributed by atoms with Crippen molar-refractivity contribution in [3.8, 4) is 56.3 Å². The van der Waals surface area contributed by atoms with E-state index >= 15 is 0 Å². The van der Waals surface area contributed by atoms with Gasteiger partial charge in [-0.25, -0.2) is 9.97 Å². The molecule has 0 saturated carbocycles. The Bertz CT molecular complexity index is 3290. The van der Waals surface area contributed by atoms with Crippen LogP contribution in [0.1, 0.15) is 0 Å². The highest BCUT2D eigenvalue weighted by Crippen LogP contribution is 2.43. The number of aromatic nitrogens is 3. The highest BCUT2D eigenvalue weighted by Gasteiger charge is 2.22. The van der Waals surface area contributed by atoms with Gasteiger partial charge in [0.1, 0.15) is 11.3 Å². The molecule has 0 unspecified atom stereocenters. The molecule has 0 saturated heterocycles. The summed E-state index contributed by atoms with van der Waals surface area (Å²) in [4.78, 5) is 10.2. The van der Waals surface area contributed by atoms with Gasteiger partial charge in [0.05, 0.1) is 35.0 Å². The smallest absolute Gasteiger partial charge is 0.160 e. The Morgan fingerprint density at radius 1 is 0.482 bits per heavy atom. The number of fused-ring (bicyclic) bond motifs is 7. The topological polar surface area (TPSA) is 53.1 Å². The van der Waals surface area contributed by atoms with Crippen LogP contribution in [0.15, 0.2) is 186 Å². The molecular weight excluding hydrogens is 687 g/mol. The lowest BCUT2D eigenvalue weighted by Gasteiger charge is -2.12. The molecule has 56 heavy (non-hydrogen) atoms. The average molecular weight is 720 g/mol. The average Bonchev–Trinajstić information content (AvgIpc) is 3.82. The molecule has 5 heteroatoms. The molecule has 0 aliphatic heterocycles. The monoisotopic (exact) mass is 719 g/mol. The maximum atomic E-state index is 6.89. The first kappa shape index (κ1) is 32.0. The van der Waals surface area contributed by atoms with E-state index in [2.05, 4.69) is 150 Å². The molecule has 11 rings (SSSR count). The van der Waals surface area contributed by atoms with Gasteiger partial charge in [-0.05, 0) is 65.2 Å². The van der Waals surface area contributed by atoms with Crippen molar-refractivity contribution in [3.63, 3.8) is 0 Å². The van der Waals surface area contributed by atoms with Crippen LogP contribution in [0.2, 0.25) is 0 Å². The quantitative estimate of drug-likeness (QED) is 0.172. The maximum Gasteiger partial charge on any atom is 0.160 e. The van der Waals surface area contributed by atoms with Crippen LogP contribution in [-0.4, -0.2) is 21.6 Å². The largest absolute Gasteiger partial charge is 0.496 e. The number of hydrogen-bond donors (Lipinski definition) is 0. The van der Waals surface area contributed by atoms with Crippen molar-refractivity contribution in [2.24, 2.45) is 0 Å². The third-order valence-electron chi connectivity index (χ3n) is 10.9. The van der Waals surface area contributed by atoms with E-state index in [0.29, 0.717) is 5.82 Å². The van der Waals surface area contributed by atoms with Gasteiger partial charge in [0.25, 0.3) is 0 Å². The molecule has 0 bridgehead atoms. The molecule has 5 nitrogen and oxygen atoms in total. The standard InChI is InChI=1S/C51H33N3O2/c1-55-46-29-27-35(30-40(46)32-14-4-2-5-15-32)34-26-28-44-41(31-34)36-18-9-11-23-43(36)54(44)45-24-12-21-39-48-38(20-13-25-47(48)56-50(39)45)49-37-19-8-10-22-42(37)52-51(53-49)33-16-6-3-7-17-33/h2-31H,1H3. The first-order valence-electron chi connectivity index (χ1n) is 18.8. The summed E-state index contributed by atoms with van der Waals surface area (Å²) >= 11 is 0. The number of methoxy groups -OCH3 is 1. The molecule has 8 aromatic carbocycles. The van der Waals surface area contributed by atoms with Gasteiger partial charge in [0.2, 0.25) is 0 Å². The summed E-state index contributed by atoms with van der Waals surface area (Å²) in [5.41, 5.74) is 13.1. The lowest BCUT2D eigenvalue weighted by atomic mass is 9.97.